The molecule has 1 atom stereocenters. The number of nitrogens with zero attached hydrogens (tertiary/aromatic N) is 2. The van der Waals surface area contributed by atoms with Crippen LogP contribution >= 0.6 is 12.2 Å². The number of likely N-dealkylation sites (N-methyl/N-ethyl adjacent to an activating group) is 1. The number of benzene rings is 1. The van der Waals surface area contributed by atoms with Gasteiger partial charge in [-0.3, -0.25) is 0 Å². The molecule has 1 N–H and O–H groups in total. The van der Waals surface area contributed by atoms with Gasteiger partial charge in [-0.25, -0.2) is 0 Å². The van der Waals surface area contributed by atoms with Crippen molar-refractivity contribution in [2.45, 2.75) is 37.8 Å². The maximum absolute atomic E-state index is 5.77. The Bertz CT molecular complexity index is 570. The molecule has 6 heteroatoms. The van der Waals surface area contributed by atoms with E-state index in [1.54, 1.807) is 7.11 Å². The lowest BCUT2D eigenvalue weighted by Crippen LogP contribution is -2.48. The first-order valence-corrected chi connectivity index (χ1v) is 9.58. The number of hydrogen-bond donors (Lipinski definition) is 1. The highest BCUT2D eigenvalue weighted by Crippen LogP contribution is 2.21. The second-order valence-electron chi connectivity index (χ2n) is 6.95. The highest BCUT2D eigenvalue weighted by atomic mass is 32.1. The van der Waals surface area contributed by atoms with Gasteiger partial charge in [0.25, 0.3) is 0 Å². The normalized spacial score (nSPS) is 21.6. The summed E-state index contributed by atoms with van der Waals surface area (Å²) in [6.07, 6.45) is 5.13. The molecule has 3 rings (SSSR count). The van der Waals surface area contributed by atoms with Crippen LogP contribution in [0.5, 0.6) is 5.75 Å². The third-order valence-electron chi connectivity index (χ3n) is 5.21. The molecule has 0 radical (unpaired) electrons. The number of piperidine rings is 1. The average Bonchev–Trinajstić information content (AvgIpc) is 3.15. The summed E-state index contributed by atoms with van der Waals surface area (Å²) >= 11 is 5.60. The van der Waals surface area contributed by atoms with Gasteiger partial charge in [-0.15, -0.1) is 0 Å². The zero-order chi connectivity index (χ0) is 17.6. The van der Waals surface area contributed by atoms with Crippen LogP contribution in [0, 0.1) is 0 Å². The van der Waals surface area contributed by atoms with E-state index in [9.17, 15) is 0 Å². The van der Waals surface area contributed by atoms with Crippen LogP contribution in [-0.4, -0.2) is 67.5 Å². The molecule has 0 amide bonds. The lowest BCUT2D eigenvalue weighted by atomic mass is 10.0. The van der Waals surface area contributed by atoms with Crippen molar-refractivity contribution in [1.82, 2.24) is 9.80 Å². The monoisotopic (exact) mass is 363 g/mol. The second kappa shape index (κ2) is 8.83. The molecule has 5 nitrogen and oxygen atoms in total. The van der Waals surface area contributed by atoms with Crippen LogP contribution in [0.2, 0.25) is 0 Å². The number of rotatable bonds is 5. The summed E-state index contributed by atoms with van der Waals surface area (Å²) < 4.78 is 11.0. The average molecular weight is 364 g/mol. The number of ether oxygens (including phenoxy) is 2. The Balaban J connectivity index is 1.45. The second-order valence-corrected chi connectivity index (χ2v) is 7.34. The van der Waals surface area contributed by atoms with E-state index in [0.717, 1.165) is 55.6 Å². The summed E-state index contributed by atoms with van der Waals surface area (Å²) in [5.74, 6) is 0.835. The molecule has 0 aliphatic carbocycles. The Morgan fingerprint density at radius 1 is 1.36 bits per heavy atom. The summed E-state index contributed by atoms with van der Waals surface area (Å²) in [6.45, 7) is 3.98. The number of hydrogen-bond acceptors (Lipinski definition) is 4. The van der Waals surface area contributed by atoms with Crippen molar-refractivity contribution in [2.75, 3.05) is 45.7 Å². The number of thiocarbonyl (C=S) groups is 1. The van der Waals surface area contributed by atoms with Crippen LogP contribution < -0.4 is 10.1 Å². The SMILES string of the molecule is COc1cccc(NC(=S)N2CCC(N(C)C[C@H]3CCCO3)CC2)c1. The summed E-state index contributed by atoms with van der Waals surface area (Å²) in [6, 6.07) is 8.51. The zero-order valence-electron chi connectivity index (χ0n) is 15.2. The molecular weight excluding hydrogens is 334 g/mol. The Hall–Kier alpha value is -1.37. The third-order valence-corrected chi connectivity index (χ3v) is 5.57. The maximum atomic E-state index is 5.77. The number of nitrogens with one attached hydrogen (secondary N) is 1. The van der Waals surface area contributed by atoms with Crippen LogP contribution in [-0.2, 0) is 4.74 Å². The quantitative estimate of drug-likeness (QED) is 0.811. The largest absolute Gasteiger partial charge is 0.497 e. The fourth-order valence-corrected chi connectivity index (χ4v) is 3.97. The van der Waals surface area contributed by atoms with E-state index in [0.29, 0.717) is 12.1 Å². The minimum atomic E-state index is 0.429. The van der Waals surface area contributed by atoms with Crippen molar-refractivity contribution in [3.63, 3.8) is 0 Å². The van der Waals surface area contributed by atoms with Gasteiger partial charge in [-0.2, -0.15) is 0 Å². The van der Waals surface area contributed by atoms with Gasteiger partial charge in [0.1, 0.15) is 5.75 Å². The van der Waals surface area contributed by atoms with E-state index in [1.165, 1.54) is 12.8 Å². The van der Waals surface area contributed by atoms with Gasteiger partial charge in [-0.05, 0) is 57.1 Å². The number of anilines is 1. The highest BCUT2D eigenvalue weighted by Gasteiger charge is 2.26. The predicted octanol–water partition coefficient (Wildman–Crippen LogP) is 2.97. The van der Waals surface area contributed by atoms with Gasteiger partial charge in [0.05, 0.1) is 13.2 Å². The maximum Gasteiger partial charge on any atom is 0.173 e. The lowest BCUT2D eigenvalue weighted by molar-refractivity contribution is 0.0576. The first-order valence-electron chi connectivity index (χ1n) is 9.17. The standard InChI is InChI=1S/C19H29N3O2S/c1-21(14-18-7-4-12-24-18)16-8-10-22(11-9-16)19(25)20-15-5-3-6-17(13-15)23-2/h3,5-6,13,16,18H,4,7-12,14H2,1-2H3,(H,20,25)/t18-/m1/s1. The molecule has 1 aromatic carbocycles. The summed E-state index contributed by atoms with van der Waals surface area (Å²) in [7, 11) is 3.91. The summed E-state index contributed by atoms with van der Waals surface area (Å²) in [5.41, 5.74) is 0.974. The zero-order valence-corrected chi connectivity index (χ0v) is 16.1. The molecule has 2 aliphatic rings. The molecule has 0 aromatic heterocycles. The minimum Gasteiger partial charge on any atom is -0.497 e. The summed E-state index contributed by atoms with van der Waals surface area (Å²) in [4.78, 5) is 4.75. The van der Waals surface area contributed by atoms with E-state index >= 15 is 0 Å². The van der Waals surface area contributed by atoms with Crippen molar-refractivity contribution in [1.29, 1.82) is 0 Å². The van der Waals surface area contributed by atoms with E-state index in [-0.39, 0.29) is 0 Å². The molecule has 25 heavy (non-hydrogen) atoms. The van der Waals surface area contributed by atoms with E-state index in [1.807, 2.05) is 24.3 Å². The van der Waals surface area contributed by atoms with Gasteiger partial charge in [0, 0.05) is 44.0 Å². The van der Waals surface area contributed by atoms with E-state index in [2.05, 4.69) is 22.2 Å². The van der Waals surface area contributed by atoms with Crippen molar-refractivity contribution in [2.24, 2.45) is 0 Å². The molecule has 138 valence electrons. The first-order chi connectivity index (χ1) is 12.2. The van der Waals surface area contributed by atoms with Gasteiger partial charge < -0.3 is 24.6 Å². The van der Waals surface area contributed by atoms with Gasteiger partial charge in [-0.1, -0.05) is 6.07 Å². The molecule has 1 aromatic rings. The Kier molecular flexibility index (Phi) is 6.51. The predicted molar refractivity (Wildman–Crippen MR) is 105 cm³/mol. The highest BCUT2D eigenvalue weighted by molar-refractivity contribution is 7.80. The molecular formula is C19H29N3O2S. The molecule has 2 saturated heterocycles. The molecule has 0 unspecified atom stereocenters. The Morgan fingerprint density at radius 2 is 2.16 bits per heavy atom. The van der Waals surface area contributed by atoms with Gasteiger partial charge in [0.15, 0.2) is 5.11 Å². The molecule has 2 fully saturated rings. The van der Waals surface area contributed by atoms with Crippen LogP contribution in [0.4, 0.5) is 5.69 Å². The molecule has 0 bridgehead atoms. The van der Waals surface area contributed by atoms with Crippen molar-refractivity contribution in [3.8, 4) is 5.75 Å². The number of likely N-dealkylation sites (tertiary alicyclic amines) is 1. The van der Waals surface area contributed by atoms with Crippen molar-refractivity contribution >= 4 is 23.0 Å². The molecule has 0 spiro atoms. The van der Waals surface area contributed by atoms with E-state index in [4.69, 9.17) is 21.7 Å². The third kappa shape index (κ3) is 5.06. The fraction of sp³-hybridized carbons (Fsp3) is 0.632. The smallest absolute Gasteiger partial charge is 0.173 e. The van der Waals surface area contributed by atoms with Crippen molar-refractivity contribution < 1.29 is 9.47 Å². The van der Waals surface area contributed by atoms with Gasteiger partial charge >= 0.3 is 0 Å². The van der Waals surface area contributed by atoms with Crippen LogP contribution in [0.1, 0.15) is 25.7 Å². The first kappa shape index (κ1) is 18.4. The Labute approximate surface area is 156 Å². The van der Waals surface area contributed by atoms with E-state index < -0.39 is 0 Å². The molecule has 2 heterocycles. The van der Waals surface area contributed by atoms with Gasteiger partial charge in [0.2, 0.25) is 0 Å². The molecule has 0 saturated carbocycles. The number of methoxy groups -OCH3 is 1. The summed E-state index contributed by atoms with van der Waals surface area (Å²) in [5, 5.41) is 4.13. The van der Waals surface area contributed by atoms with Crippen LogP contribution in [0.15, 0.2) is 24.3 Å². The topological polar surface area (TPSA) is 37.0 Å². The van der Waals surface area contributed by atoms with Crippen LogP contribution in [0.3, 0.4) is 0 Å². The fourth-order valence-electron chi connectivity index (χ4n) is 3.67. The Morgan fingerprint density at radius 3 is 2.84 bits per heavy atom. The van der Waals surface area contributed by atoms with Crippen LogP contribution in [0.25, 0.3) is 0 Å². The minimum absolute atomic E-state index is 0.429. The lowest BCUT2D eigenvalue weighted by Gasteiger charge is -2.38. The molecule has 2 aliphatic heterocycles. The van der Waals surface area contributed by atoms with Crippen molar-refractivity contribution in [3.05, 3.63) is 24.3 Å².